The lowest BCUT2D eigenvalue weighted by molar-refractivity contribution is -0.0688. The second-order valence-corrected chi connectivity index (χ2v) is 8.48. The van der Waals surface area contributed by atoms with E-state index in [0.29, 0.717) is 23.9 Å². The first kappa shape index (κ1) is 19.8. The highest BCUT2D eigenvalue weighted by molar-refractivity contribution is 6.31. The molecule has 1 aromatic carbocycles. The van der Waals surface area contributed by atoms with Crippen LogP contribution in [0.5, 0.6) is 0 Å². The number of halogens is 1. The van der Waals surface area contributed by atoms with Crippen LogP contribution in [0.1, 0.15) is 45.5 Å². The van der Waals surface area contributed by atoms with Crippen LogP contribution in [0.15, 0.2) is 34.5 Å². The summed E-state index contributed by atoms with van der Waals surface area (Å²) >= 11 is 6.32. The van der Waals surface area contributed by atoms with Crippen LogP contribution in [0.25, 0.3) is 21.9 Å². The molecule has 152 valence electrons. The molecule has 1 unspecified atom stereocenters. The first-order valence-electron chi connectivity index (χ1n) is 9.71. The van der Waals surface area contributed by atoms with Crippen molar-refractivity contribution in [3.63, 3.8) is 0 Å². The van der Waals surface area contributed by atoms with Gasteiger partial charge >= 0.3 is 0 Å². The molecule has 7 nitrogen and oxygen atoms in total. The summed E-state index contributed by atoms with van der Waals surface area (Å²) in [4.78, 5) is 13.9. The number of nitrogens with zero attached hydrogens (tertiary/aromatic N) is 5. The number of rotatable bonds is 4. The molecule has 3 heterocycles. The molecule has 1 saturated heterocycles. The van der Waals surface area contributed by atoms with Crippen LogP contribution in [0.4, 0.5) is 0 Å². The van der Waals surface area contributed by atoms with Crippen LogP contribution in [0.2, 0.25) is 5.02 Å². The molecule has 0 radical (unpaired) electrons. The Labute approximate surface area is 174 Å². The monoisotopic (exact) mass is 412 g/mol. The van der Waals surface area contributed by atoms with Gasteiger partial charge in [-0.25, -0.2) is 4.98 Å². The summed E-state index contributed by atoms with van der Waals surface area (Å²) in [6.45, 7) is 7.22. The van der Waals surface area contributed by atoms with Gasteiger partial charge in [0.15, 0.2) is 0 Å². The van der Waals surface area contributed by atoms with E-state index in [1.807, 2.05) is 31.3 Å². The number of fused-ring (bicyclic) bond motifs is 3. The summed E-state index contributed by atoms with van der Waals surface area (Å²) in [5, 5.41) is 5.33. The van der Waals surface area contributed by atoms with Gasteiger partial charge in [0.2, 0.25) is 0 Å². The SMILES string of the molecule is CC(C=NCc1nc2cnc3ccc(Cl)cc3c2n1C1CCOC(C)(C)C1)=NN. The Bertz CT molecular complexity index is 1120. The molecule has 0 amide bonds. The zero-order valence-electron chi connectivity index (χ0n) is 16.9. The van der Waals surface area contributed by atoms with Gasteiger partial charge in [-0.1, -0.05) is 11.6 Å². The lowest BCUT2D eigenvalue weighted by Gasteiger charge is -2.37. The molecule has 0 aliphatic carbocycles. The number of hydrogen-bond acceptors (Lipinski definition) is 6. The van der Waals surface area contributed by atoms with Crippen molar-refractivity contribution in [2.75, 3.05) is 6.61 Å². The molecular formula is C21H25ClN6O. The van der Waals surface area contributed by atoms with Crippen molar-refractivity contribution < 1.29 is 4.74 Å². The summed E-state index contributed by atoms with van der Waals surface area (Å²) in [7, 11) is 0. The predicted octanol–water partition coefficient (Wildman–Crippen LogP) is 4.27. The third-order valence-corrected chi connectivity index (χ3v) is 5.54. The second kappa shape index (κ2) is 7.72. The molecule has 1 atom stereocenters. The number of hydrogen-bond donors (Lipinski definition) is 1. The van der Waals surface area contributed by atoms with E-state index >= 15 is 0 Å². The molecular weight excluding hydrogens is 388 g/mol. The van der Waals surface area contributed by atoms with Crippen molar-refractivity contribution in [1.29, 1.82) is 0 Å². The van der Waals surface area contributed by atoms with E-state index < -0.39 is 0 Å². The van der Waals surface area contributed by atoms with Gasteiger partial charge in [0.1, 0.15) is 11.3 Å². The third kappa shape index (κ3) is 3.97. The number of hydrazone groups is 1. The molecule has 1 fully saturated rings. The topological polar surface area (TPSA) is 90.7 Å². The summed E-state index contributed by atoms with van der Waals surface area (Å²) in [5.41, 5.74) is 3.27. The standard InChI is InChI=1S/C21H25ClN6O/c1-13(27-23)10-24-12-19-26-18-11-25-17-5-4-14(22)8-16(17)20(18)28(19)15-6-7-29-21(2,3)9-15/h4-5,8,10-11,15H,6-7,9,12,23H2,1-3H3. The van der Waals surface area contributed by atoms with Crippen molar-refractivity contribution in [3.8, 4) is 0 Å². The lowest BCUT2D eigenvalue weighted by Crippen LogP contribution is -2.35. The Balaban J connectivity index is 1.90. The van der Waals surface area contributed by atoms with Crippen LogP contribution in [0.3, 0.4) is 0 Å². The van der Waals surface area contributed by atoms with Crippen LogP contribution >= 0.6 is 11.6 Å². The largest absolute Gasteiger partial charge is 0.375 e. The second-order valence-electron chi connectivity index (χ2n) is 8.05. The molecule has 1 aliphatic heterocycles. The van der Waals surface area contributed by atoms with E-state index in [1.54, 1.807) is 6.21 Å². The number of pyridine rings is 1. The van der Waals surface area contributed by atoms with Crippen LogP contribution in [0, 0.1) is 0 Å². The average molecular weight is 413 g/mol. The zero-order chi connectivity index (χ0) is 20.6. The van der Waals surface area contributed by atoms with E-state index in [-0.39, 0.29) is 11.6 Å². The summed E-state index contributed by atoms with van der Waals surface area (Å²) in [6, 6.07) is 6.03. The summed E-state index contributed by atoms with van der Waals surface area (Å²) in [6.07, 6.45) is 5.30. The Morgan fingerprint density at radius 1 is 1.41 bits per heavy atom. The highest BCUT2D eigenvalue weighted by atomic mass is 35.5. The normalized spacial score (nSPS) is 20.1. The Morgan fingerprint density at radius 3 is 3.00 bits per heavy atom. The minimum Gasteiger partial charge on any atom is -0.375 e. The maximum Gasteiger partial charge on any atom is 0.131 e. The predicted molar refractivity (Wildman–Crippen MR) is 118 cm³/mol. The third-order valence-electron chi connectivity index (χ3n) is 5.30. The van der Waals surface area contributed by atoms with E-state index in [2.05, 4.69) is 33.5 Å². The molecule has 3 aromatic rings. The van der Waals surface area contributed by atoms with E-state index in [1.165, 1.54) is 0 Å². The molecule has 2 aromatic heterocycles. The fourth-order valence-electron chi connectivity index (χ4n) is 4.01. The molecule has 8 heteroatoms. The number of nitrogens with two attached hydrogens (primary N) is 1. The maximum atomic E-state index is 6.32. The molecule has 4 rings (SSSR count). The first-order chi connectivity index (χ1) is 13.9. The summed E-state index contributed by atoms with van der Waals surface area (Å²) < 4.78 is 8.26. The van der Waals surface area contributed by atoms with Gasteiger partial charge in [-0.2, -0.15) is 5.10 Å². The molecule has 0 bridgehead atoms. The Morgan fingerprint density at radius 2 is 2.24 bits per heavy atom. The van der Waals surface area contributed by atoms with Crippen LogP contribution in [-0.4, -0.2) is 38.7 Å². The Hall–Kier alpha value is -2.51. The minimum absolute atomic E-state index is 0.191. The number of ether oxygens (including phenoxy) is 1. The van der Waals surface area contributed by atoms with Gasteiger partial charge in [0.25, 0.3) is 0 Å². The van der Waals surface area contributed by atoms with Gasteiger partial charge in [0.05, 0.1) is 35.1 Å². The zero-order valence-corrected chi connectivity index (χ0v) is 17.6. The first-order valence-corrected chi connectivity index (χ1v) is 10.1. The van der Waals surface area contributed by atoms with Crippen LogP contribution in [-0.2, 0) is 11.3 Å². The quantitative estimate of drug-likeness (QED) is 0.393. The van der Waals surface area contributed by atoms with Crippen molar-refractivity contribution in [2.24, 2.45) is 15.9 Å². The number of aliphatic imine (C=N–C) groups is 1. The number of benzene rings is 1. The molecule has 0 saturated carbocycles. The van der Waals surface area contributed by atoms with Crippen LogP contribution < -0.4 is 5.84 Å². The average Bonchev–Trinajstić information content (AvgIpc) is 3.05. The molecule has 2 N–H and O–H groups in total. The minimum atomic E-state index is -0.191. The maximum absolute atomic E-state index is 6.32. The molecule has 29 heavy (non-hydrogen) atoms. The fourth-order valence-corrected chi connectivity index (χ4v) is 4.19. The highest BCUT2D eigenvalue weighted by Crippen LogP contribution is 2.37. The smallest absolute Gasteiger partial charge is 0.131 e. The Kier molecular flexibility index (Phi) is 5.27. The molecule has 1 aliphatic rings. The van der Waals surface area contributed by atoms with Crippen molar-refractivity contribution in [1.82, 2.24) is 14.5 Å². The van der Waals surface area contributed by atoms with E-state index in [0.717, 1.165) is 40.6 Å². The van der Waals surface area contributed by atoms with Gasteiger partial charge in [0, 0.05) is 29.3 Å². The van der Waals surface area contributed by atoms with Gasteiger partial charge < -0.3 is 15.1 Å². The van der Waals surface area contributed by atoms with Gasteiger partial charge in [-0.3, -0.25) is 9.98 Å². The van der Waals surface area contributed by atoms with Gasteiger partial charge in [-0.15, -0.1) is 0 Å². The van der Waals surface area contributed by atoms with Crippen molar-refractivity contribution in [2.45, 2.75) is 51.8 Å². The van der Waals surface area contributed by atoms with Crippen molar-refractivity contribution in [3.05, 3.63) is 35.2 Å². The summed E-state index contributed by atoms with van der Waals surface area (Å²) in [5.74, 6) is 6.19. The van der Waals surface area contributed by atoms with Crippen molar-refractivity contribution >= 4 is 45.5 Å². The lowest BCUT2D eigenvalue weighted by atomic mass is 9.93. The van der Waals surface area contributed by atoms with E-state index in [4.69, 9.17) is 27.2 Å². The van der Waals surface area contributed by atoms with E-state index in [9.17, 15) is 0 Å². The fraction of sp³-hybridized carbons (Fsp3) is 0.429. The number of aromatic nitrogens is 3. The highest BCUT2D eigenvalue weighted by Gasteiger charge is 2.32. The van der Waals surface area contributed by atoms with Gasteiger partial charge in [-0.05, 0) is 51.8 Å². The number of imidazole rings is 1. The molecule has 0 spiro atoms.